The zero-order chi connectivity index (χ0) is 21.4. The maximum Gasteiger partial charge on any atom is 0.348 e. The molecule has 0 N–H and O–H groups in total. The third-order valence-electron chi connectivity index (χ3n) is 4.96. The molecule has 0 saturated carbocycles. The Balaban J connectivity index is 1.75. The second kappa shape index (κ2) is 8.17. The van der Waals surface area contributed by atoms with Crippen molar-refractivity contribution >= 4 is 56.6 Å². The monoisotopic (exact) mass is 443 g/mol. The second-order valence-electron chi connectivity index (χ2n) is 6.62. The lowest BCUT2D eigenvalue weighted by Crippen LogP contribution is -2.26. The molecule has 1 aromatic heterocycles. The van der Waals surface area contributed by atoms with E-state index in [9.17, 15) is 18.4 Å². The van der Waals surface area contributed by atoms with Crippen LogP contribution in [0, 0.1) is 0 Å². The average molecular weight is 444 g/mol. The number of hydrogen-bond donors (Lipinski definition) is 0. The number of anilines is 2. The van der Waals surface area contributed by atoms with Crippen molar-refractivity contribution in [3.05, 3.63) is 57.8 Å². The molecule has 0 radical (unpaired) electrons. The highest BCUT2D eigenvalue weighted by Crippen LogP contribution is 2.42. The first kappa shape index (κ1) is 20.5. The Morgan fingerprint density at radius 3 is 2.70 bits per heavy atom. The predicted molar refractivity (Wildman–Crippen MR) is 117 cm³/mol. The average Bonchev–Trinajstić information content (AvgIpc) is 3.31. The minimum Gasteiger partial charge on any atom is -0.755 e. The van der Waals surface area contributed by atoms with Crippen LogP contribution in [0.1, 0.15) is 38.8 Å². The second-order valence-corrected chi connectivity index (χ2v) is 8.66. The SMILES string of the molecule is CCOC(=O)c1ccc(CN(c2ccc3c4c(cccc24)C(=O)N3CC)S(=O)[O-])s1. The number of thiophene rings is 1. The van der Waals surface area contributed by atoms with Crippen molar-refractivity contribution in [1.82, 2.24) is 0 Å². The summed E-state index contributed by atoms with van der Waals surface area (Å²) >= 11 is -1.35. The third kappa shape index (κ3) is 3.38. The summed E-state index contributed by atoms with van der Waals surface area (Å²) < 4.78 is 30.5. The molecule has 9 heteroatoms. The van der Waals surface area contributed by atoms with Gasteiger partial charge in [-0.1, -0.05) is 12.1 Å². The Bertz CT molecular complexity index is 1170. The summed E-state index contributed by atoms with van der Waals surface area (Å²) in [5, 5.41) is 1.45. The molecule has 1 atom stereocenters. The third-order valence-corrected chi connectivity index (χ3v) is 6.70. The van der Waals surface area contributed by atoms with Crippen LogP contribution in [0.4, 0.5) is 11.4 Å². The van der Waals surface area contributed by atoms with Crippen molar-refractivity contribution < 1.29 is 23.1 Å². The van der Waals surface area contributed by atoms with Crippen molar-refractivity contribution in [2.75, 3.05) is 22.4 Å². The van der Waals surface area contributed by atoms with Crippen LogP contribution in [0.3, 0.4) is 0 Å². The van der Waals surface area contributed by atoms with Crippen LogP contribution in [0.5, 0.6) is 0 Å². The van der Waals surface area contributed by atoms with E-state index in [1.165, 1.54) is 15.6 Å². The van der Waals surface area contributed by atoms with Crippen LogP contribution < -0.4 is 9.21 Å². The number of hydrogen-bond acceptors (Lipinski definition) is 6. The number of esters is 1. The maximum atomic E-state index is 12.7. The zero-order valence-electron chi connectivity index (χ0n) is 16.4. The molecule has 7 nitrogen and oxygen atoms in total. The largest absolute Gasteiger partial charge is 0.755 e. The van der Waals surface area contributed by atoms with Gasteiger partial charge in [0.2, 0.25) is 0 Å². The van der Waals surface area contributed by atoms with Crippen molar-refractivity contribution in [3.8, 4) is 0 Å². The molecule has 1 aliphatic rings. The summed E-state index contributed by atoms with van der Waals surface area (Å²) in [6.07, 6.45) is 0. The number of carbonyl (C=O) groups is 2. The number of nitrogens with zero attached hydrogens (tertiary/aromatic N) is 2. The van der Waals surface area contributed by atoms with Crippen LogP contribution in [0.15, 0.2) is 42.5 Å². The molecule has 4 rings (SSSR count). The van der Waals surface area contributed by atoms with Gasteiger partial charge >= 0.3 is 5.97 Å². The van der Waals surface area contributed by atoms with Gasteiger partial charge in [0.05, 0.1) is 24.5 Å². The Labute approximate surface area is 180 Å². The van der Waals surface area contributed by atoms with E-state index in [4.69, 9.17) is 4.74 Å². The standard InChI is InChI=1S/C21H20N2O5S2/c1-3-22-17-10-9-16(14-6-5-7-15(19(14)17)20(22)24)23(30(26)27)12-13-8-11-18(29-13)21(25)28-4-2/h5-11H,3-4,12H2,1-2H3,(H,26,27)/p-1. The molecule has 0 bridgehead atoms. The molecule has 0 fully saturated rings. The summed E-state index contributed by atoms with van der Waals surface area (Å²) in [5.74, 6) is -0.505. The van der Waals surface area contributed by atoms with Crippen molar-refractivity contribution in [1.29, 1.82) is 0 Å². The normalized spacial score (nSPS) is 13.7. The van der Waals surface area contributed by atoms with E-state index in [1.54, 1.807) is 48.2 Å². The molecule has 0 saturated heterocycles. The van der Waals surface area contributed by atoms with Gasteiger partial charge in [-0.15, -0.1) is 11.3 Å². The highest BCUT2D eigenvalue weighted by atomic mass is 32.2. The van der Waals surface area contributed by atoms with Gasteiger partial charge in [-0.25, -0.2) is 4.79 Å². The van der Waals surface area contributed by atoms with E-state index in [0.29, 0.717) is 32.9 Å². The molecular weight excluding hydrogens is 424 g/mol. The first-order valence-corrected chi connectivity index (χ1v) is 11.3. The summed E-state index contributed by atoms with van der Waals surface area (Å²) in [6.45, 7) is 4.52. The predicted octanol–water partition coefficient (Wildman–Crippen LogP) is 3.86. The number of amides is 1. The van der Waals surface area contributed by atoms with E-state index < -0.39 is 17.2 Å². The smallest absolute Gasteiger partial charge is 0.348 e. The minimum absolute atomic E-state index is 0.0737. The van der Waals surface area contributed by atoms with Crippen molar-refractivity contribution in [2.45, 2.75) is 20.4 Å². The number of rotatable bonds is 7. The van der Waals surface area contributed by atoms with Gasteiger partial charge in [0.15, 0.2) is 0 Å². The fourth-order valence-corrected chi connectivity index (χ4v) is 5.23. The van der Waals surface area contributed by atoms with E-state index in [-0.39, 0.29) is 19.1 Å². The van der Waals surface area contributed by atoms with Crippen LogP contribution in [-0.2, 0) is 22.5 Å². The van der Waals surface area contributed by atoms with Gasteiger partial charge in [-0.05, 0) is 44.2 Å². The lowest BCUT2D eigenvalue weighted by Gasteiger charge is -2.27. The van der Waals surface area contributed by atoms with Gasteiger partial charge in [-0.3, -0.25) is 13.3 Å². The summed E-state index contributed by atoms with van der Waals surface area (Å²) in [7, 11) is 0. The summed E-state index contributed by atoms with van der Waals surface area (Å²) in [4.78, 5) is 27.4. The van der Waals surface area contributed by atoms with Crippen LogP contribution >= 0.6 is 11.3 Å². The van der Waals surface area contributed by atoms with Gasteiger partial charge < -0.3 is 14.2 Å². The molecule has 156 valence electrons. The fourth-order valence-electron chi connectivity index (χ4n) is 3.70. The van der Waals surface area contributed by atoms with Crippen molar-refractivity contribution in [2.24, 2.45) is 0 Å². The lowest BCUT2D eigenvalue weighted by atomic mass is 10.0. The minimum atomic E-state index is -2.55. The summed E-state index contributed by atoms with van der Waals surface area (Å²) in [5.41, 5.74) is 1.85. The van der Waals surface area contributed by atoms with Crippen molar-refractivity contribution in [3.63, 3.8) is 0 Å². The Morgan fingerprint density at radius 2 is 2.00 bits per heavy atom. The molecule has 3 aromatic rings. The lowest BCUT2D eigenvalue weighted by molar-refractivity contribution is 0.0532. The quantitative estimate of drug-likeness (QED) is 0.409. The van der Waals surface area contributed by atoms with Crippen LogP contribution in [-0.4, -0.2) is 33.8 Å². The molecule has 0 aliphatic carbocycles. The number of carbonyl (C=O) groups excluding carboxylic acids is 2. The number of benzene rings is 2. The Kier molecular flexibility index (Phi) is 5.59. The van der Waals surface area contributed by atoms with E-state index in [0.717, 1.165) is 11.1 Å². The number of ether oxygens (including phenoxy) is 1. The van der Waals surface area contributed by atoms with E-state index in [2.05, 4.69) is 0 Å². The van der Waals surface area contributed by atoms with E-state index >= 15 is 0 Å². The topological polar surface area (TPSA) is 90.0 Å². The van der Waals surface area contributed by atoms with E-state index in [1.807, 2.05) is 13.0 Å². The molecule has 1 amide bonds. The molecule has 1 unspecified atom stereocenters. The first-order valence-electron chi connectivity index (χ1n) is 9.46. The molecular formula is C21H19N2O5S2-. The van der Waals surface area contributed by atoms with Crippen LogP contribution in [0.25, 0.3) is 10.8 Å². The highest BCUT2D eigenvalue weighted by Gasteiger charge is 2.30. The first-order chi connectivity index (χ1) is 14.5. The molecule has 0 spiro atoms. The maximum absolute atomic E-state index is 12.7. The molecule has 2 aromatic carbocycles. The van der Waals surface area contributed by atoms with Gasteiger partial charge in [0.1, 0.15) is 4.88 Å². The molecule has 1 aliphatic heterocycles. The zero-order valence-corrected chi connectivity index (χ0v) is 18.0. The fraction of sp³-hybridized carbons (Fsp3) is 0.238. The van der Waals surface area contributed by atoms with Gasteiger partial charge in [0.25, 0.3) is 5.91 Å². The Hall–Kier alpha value is -2.75. The van der Waals surface area contributed by atoms with Crippen LogP contribution in [0.2, 0.25) is 0 Å². The van der Waals surface area contributed by atoms with Gasteiger partial charge in [-0.2, -0.15) is 0 Å². The molecule has 30 heavy (non-hydrogen) atoms. The summed E-state index contributed by atoms with van der Waals surface area (Å²) in [6, 6.07) is 12.2. The van der Waals surface area contributed by atoms with Gasteiger partial charge in [0, 0.05) is 39.0 Å². The Morgan fingerprint density at radius 1 is 1.20 bits per heavy atom. The highest BCUT2D eigenvalue weighted by molar-refractivity contribution is 7.80. The molecule has 2 heterocycles.